The quantitative estimate of drug-likeness (QED) is 0.807. The first-order valence-corrected chi connectivity index (χ1v) is 6.91. The number of hydrogen-bond donors (Lipinski definition) is 2. The van der Waals surface area contributed by atoms with Crippen molar-refractivity contribution < 1.29 is 19.4 Å². The minimum absolute atomic E-state index is 0.252. The van der Waals surface area contributed by atoms with Crippen LogP contribution >= 0.6 is 11.3 Å². The lowest BCUT2D eigenvalue weighted by atomic mass is 9.82. The van der Waals surface area contributed by atoms with Gasteiger partial charge in [0.05, 0.1) is 24.7 Å². The van der Waals surface area contributed by atoms with Crippen LogP contribution in [0.3, 0.4) is 0 Å². The molecule has 1 fully saturated rings. The van der Waals surface area contributed by atoms with E-state index in [1.54, 1.807) is 23.5 Å². The molecule has 1 saturated heterocycles. The number of nitrogens with one attached hydrogen (secondary N) is 1. The second-order valence-corrected chi connectivity index (χ2v) is 5.67. The Morgan fingerprint density at radius 2 is 2.05 bits per heavy atom. The molecule has 4 atom stereocenters. The molecule has 3 rings (SSSR count). The molecule has 5 nitrogen and oxygen atoms in total. The van der Waals surface area contributed by atoms with Gasteiger partial charge >= 0.3 is 5.97 Å². The number of rotatable bonds is 4. The Hall–Kier alpha value is -1.66. The lowest BCUT2D eigenvalue weighted by molar-refractivity contribution is -0.146. The third-order valence-corrected chi connectivity index (χ3v) is 4.38. The number of fused-ring (bicyclic) bond motifs is 2. The Labute approximate surface area is 113 Å². The Balaban J connectivity index is 1.68. The molecule has 100 valence electrons. The zero-order valence-corrected chi connectivity index (χ0v) is 10.8. The monoisotopic (exact) mass is 279 g/mol. The van der Waals surface area contributed by atoms with E-state index in [-0.39, 0.29) is 5.91 Å². The number of aliphatic carboxylic acids is 1. The lowest BCUT2D eigenvalue weighted by Gasteiger charge is -2.20. The van der Waals surface area contributed by atoms with Crippen molar-refractivity contribution in [3.63, 3.8) is 0 Å². The second-order valence-electron chi connectivity index (χ2n) is 4.64. The molecule has 2 N–H and O–H groups in total. The molecule has 0 unspecified atom stereocenters. The molecule has 1 aromatic rings. The van der Waals surface area contributed by atoms with Crippen LogP contribution in [0, 0.1) is 11.8 Å². The maximum absolute atomic E-state index is 12.2. The summed E-state index contributed by atoms with van der Waals surface area (Å²) in [4.78, 5) is 24.5. The second kappa shape index (κ2) is 4.79. The van der Waals surface area contributed by atoms with Crippen molar-refractivity contribution in [1.29, 1.82) is 0 Å². The van der Waals surface area contributed by atoms with Crippen molar-refractivity contribution in [1.82, 2.24) is 5.32 Å². The number of ether oxygens (including phenoxy) is 1. The van der Waals surface area contributed by atoms with Gasteiger partial charge in [-0.05, 0) is 11.4 Å². The van der Waals surface area contributed by atoms with Gasteiger partial charge in [-0.15, -0.1) is 11.3 Å². The van der Waals surface area contributed by atoms with E-state index in [4.69, 9.17) is 4.74 Å². The highest BCUT2D eigenvalue weighted by Gasteiger charge is 2.53. The van der Waals surface area contributed by atoms with E-state index >= 15 is 0 Å². The first kappa shape index (κ1) is 12.4. The van der Waals surface area contributed by atoms with Crippen molar-refractivity contribution in [2.24, 2.45) is 11.8 Å². The van der Waals surface area contributed by atoms with Crippen LogP contribution in [0.4, 0.5) is 0 Å². The Morgan fingerprint density at radius 1 is 1.32 bits per heavy atom. The molecule has 0 radical (unpaired) electrons. The SMILES string of the molecule is O=C(NCc1cccs1)[C@@H]1[C@@H](C(=O)O)[C@H]2C=C[C@@H]1O2. The van der Waals surface area contributed by atoms with E-state index in [1.165, 1.54) is 0 Å². The average molecular weight is 279 g/mol. The summed E-state index contributed by atoms with van der Waals surface area (Å²) in [6.45, 7) is 0.431. The van der Waals surface area contributed by atoms with Crippen LogP contribution in [0.15, 0.2) is 29.7 Å². The van der Waals surface area contributed by atoms with Crippen LogP contribution in [0.5, 0.6) is 0 Å². The molecule has 2 aliphatic rings. The zero-order valence-electron chi connectivity index (χ0n) is 9.98. The van der Waals surface area contributed by atoms with Crippen LogP contribution in [0.2, 0.25) is 0 Å². The fourth-order valence-corrected chi connectivity index (χ4v) is 3.26. The standard InChI is InChI=1S/C13H13NO4S/c15-12(14-6-7-2-1-5-19-7)10-8-3-4-9(18-8)11(10)13(16)17/h1-5,8-11H,6H2,(H,14,15)(H,16,17)/t8-,9+,10-,11-/m0/s1. The van der Waals surface area contributed by atoms with Gasteiger partial charge in [-0.2, -0.15) is 0 Å². The molecule has 1 amide bonds. The van der Waals surface area contributed by atoms with E-state index in [9.17, 15) is 14.7 Å². The lowest BCUT2D eigenvalue weighted by Crippen LogP contribution is -2.42. The summed E-state index contributed by atoms with van der Waals surface area (Å²) >= 11 is 1.55. The summed E-state index contributed by atoms with van der Waals surface area (Å²) in [6.07, 6.45) is 2.63. The number of carboxylic acids is 1. The average Bonchev–Trinajstić information content (AvgIpc) is 3.10. The maximum atomic E-state index is 12.2. The predicted octanol–water partition coefficient (Wildman–Crippen LogP) is 1.02. The van der Waals surface area contributed by atoms with Gasteiger partial charge in [-0.1, -0.05) is 18.2 Å². The van der Waals surface area contributed by atoms with E-state index < -0.39 is 30.0 Å². The van der Waals surface area contributed by atoms with Crippen molar-refractivity contribution in [3.05, 3.63) is 34.5 Å². The topological polar surface area (TPSA) is 75.6 Å². The summed E-state index contributed by atoms with van der Waals surface area (Å²) in [7, 11) is 0. The highest BCUT2D eigenvalue weighted by Crippen LogP contribution is 2.39. The molecular weight excluding hydrogens is 266 g/mol. The van der Waals surface area contributed by atoms with Gasteiger partial charge < -0.3 is 15.2 Å². The molecule has 0 aliphatic carbocycles. The van der Waals surface area contributed by atoms with Crippen molar-refractivity contribution in [2.45, 2.75) is 18.8 Å². The van der Waals surface area contributed by atoms with Crippen LogP contribution in [0.1, 0.15) is 4.88 Å². The normalized spacial score (nSPS) is 31.6. The van der Waals surface area contributed by atoms with Crippen molar-refractivity contribution >= 4 is 23.2 Å². The van der Waals surface area contributed by atoms with Gasteiger partial charge in [0, 0.05) is 4.88 Å². The Morgan fingerprint density at radius 3 is 2.68 bits per heavy atom. The smallest absolute Gasteiger partial charge is 0.310 e. The summed E-state index contributed by atoms with van der Waals surface area (Å²) in [5.74, 6) is -2.64. The van der Waals surface area contributed by atoms with Gasteiger partial charge in [-0.3, -0.25) is 9.59 Å². The fourth-order valence-electron chi connectivity index (χ4n) is 2.62. The Bertz CT molecular complexity index is 525. The highest BCUT2D eigenvalue weighted by molar-refractivity contribution is 7.09. The maximum Gasteiger partial charge on any atom is 0.310 e. The number of carbonyl (C=O) groups is 2. The van der Waals surface area contributed by atoms with Gasteiger partial charge in [0.25, 0.3) is 0 Å². The van der Waals surface area contributed by atoms with Crippen molar-refractivity contribution in [3.8, 4) is 0 Å². The highest BCUT2D eigenvalue weighted by atomic mass is 32.1. The largest absolute Gasteiger partial charge is 0.481 e. The number of thiophene rings is 1. The van der Waals surface area contributed by atoms with Crippen LogP contribution in [0.25, 0.3) is 0 Å². The van der Waals surface area contributed by atoms with Crippen LogP contribution in [-0.2, 0) is 20.9 Å². The number of amides is 1. The molecule has 6 heteroatoms. The molecule has 2 aliphatic heterocycles. The van der Waals surface area contributed by atoms with Gasteiger partial charge in [0.2, 0.25) is 5.91 Å². The molecule has 0 aromatic carbocycles. The van der Waals surface area contributed by atoms with E-state index in [0.29, 0.717) is 6.54 Å². The van der Waals surface area contributed by atoms with Gasteiger partial charge in [0.1, 0.15) is 5.92 Å². The minimum atomic E-state index is -0.979. The minimum Gasteiger partial charge on any atom is -0.481 e. The van der Waals surface area contributed by atoms with E-state index in [2.05, 4.69) is 5.32 Å². The zero-order chi connectivity index (χ0) is 13.4. The molecule has 19 heavy (non-hydrogen) atoms. The number of hydrogen-bond acceptors (Lipinski definition) is 4. The van der Waals surface area contributed by atoms with Crippen LogP contribution in [-0.4, -0.2) is 29.2 Å². The molecule has 2 bridgehead atoms. The number of carboxylic acid groups (broad SMARTS) is 1. The summed E-state index contributed by atoms with van der Waals surface area (Å²) in [5.41, 5.74) is 0. The van der Waals surface area contributed by atoms with Crippen molar-refractivity contribution in [2.75, 3.05) is 0 Å². The van der Waals surface area contributed by atoms with E-state index in [1.807, 2.05) is 17.5 Å². The molecule has 0 spiro atoms. The first-order chi connectivity index (χ1) is 9.16. The first-order valence-electron chi connectivity index (χ1n) is 6.03. The summed E-state index contributed by atoms with van der Waals surface area (Å²) in [6, 6.07) is 3.84. The molecule has 1 aromatic heterocycles. The molecular formula is C13H13NO4S. The predicted molar refractivity (Wildman–Crippen MR) is 68.6 cm³/mol. The fraction of sp³-hybridized carbons (Fsp3) is 0.385. The van der Waals surface area contributed by atoms with Gasteiger partial charge in [0.15, 0.2) is 0 Å². The van der Waals surface area contributed by atoms with E-state index in [0.717, 1.165) is 4.88 Å². The number of carbonyl (C=O) groups excluding carboxylic acids is 1. The third kappa shape index (κ3) is 2.17. The summed E-state index contributed by atoms with van der Waals surface area (Å²) < 4.78 is 5.47. The molecule has 3 heterocycles. The van der Waals surface area contributed by atoms with Gasteiger partial charge in [-0.25, -0.2) is 0 Å². The Kier molecular flexibility index (Phi) is 3.12. The summed E-state index contributed by atoms with van der Waals surface area (Å²) in [5, 5.41) is 13.9. The van der Waals surface area contributed by atoms with Crippen LogP contribution < -0.4 is 5.32 Å². The molecule has 0 saturated carbocycles. The third-order valence-electron chi connectivity index (χ3n) is 3.50.